The molecule has 0 amide bonds. The first-order valence-corrected chi connectivity index (χ1v) is 6.17. The third-order valence-electron chi connectivity index (χ3n) is 3.25. The van der Waals surface area contributed by atoms with E-state index in [4.69, 9.17) is 0 Å². The van der Waals surface area contributed by atoms with Gasteiger partial charge in [-0.15, -0.1) is 0 Å². The van der Waals surface area contributed by atoms with Crippen molar-refractivity contribution in [1.29, 1.82) is 0 Å². The average Bonchev–Trinajstić information content (AvgIpc) is 2.74. The van der Waals surface area contributed by atoms with Gasteiger partial charge in [0.15, 0.2) is 0 Å². The Kier molecular flexibility index (Phi) is 3.96. The maximum Gasteiger partial charge on any atom is 0.0693 e. The lowest BCUT2D eigenvalue weighted by atomic mass is 9.92. The van der Waals surface area contributed by atoms with E-state index in [0.717, 1.165) is 25.8 Å². The fraction of sp³-hybridized carbons (Fsp3) is 0.750. The molecule has 4 heteroatoms. The molecule has 0 radical (unpaired) electrons. The molecule has 4 nitrogen and oxygen atoms in total. The Morgan fingerprint density at radius 2 is 2.31 bits per heavy atom. The van der Waals surface area contributed by atoms with Crippen LogP contribution in [0.2, 0.25) is 0 Å². The topological polar surface area (TPSA) is 50.1 Å². The Hall–Kier alpha value is -0.870. The Bertz CT molecular complexity index is 299. The van der Waals surface area contributed by atoms with Gasteiger partial charge in [-0.2, -0.15) is 5.10 Å². The maximum atomic E-state index is 9.86. The summed E-state index contributed by atoms with van der Waals surface area (Å²) in [4.78, 5) is 0. The van der Waals surface area contributed by atoms with Gasteiger partial charge >= 0.3 is 0 Å². The van der Waals surface area contributed by atoms with Gasteiger partial charge in [0.2, 0.25) is 0 Å². The molecule has 1 saturated carbocycles. The highest BCUT2D eigenvalue weighted by molar-refractivity contribution is 4.84. The predicted molar refractivity (Wildman–Crippen MR) is 63.1 cm³/mol. The summed E-state index contributed by atoms with van der Waals surface area (Å²) >= 11 is 0. The smallest absolute Gasteiger partial charge is 0.0693 e. The summed E-state index contributed by atoms with van der Waals surface area (Å²) in [7, 11) is 0. The van der Waals surface area contributed by atoms with Crippen molar-refractivity contribution in [2.75, 3.05) is 0 Å². The lowest BCUT2D eigenvalue weighted by molar-refractivity contribution is 0.0845. The van der Waals surface area contributed by atoms with Gasteiger partial charge in [-0.25, -0.2) is 0 Å². The minimum atomic E-state index is -0.172. The third-order valence-corrected chi connectivity index (χ3v) is 3.25. The number of hydrogen-bond acceptors (Lipinski definition) is 3. The highest BCUT2D eigenvalue weighted by Gasteiger charge is 2.23. The van der Waals surface area contributed by atoms with E-state index in [2.05, 4.69) is 17.3 Å². The second-order valence-corrected chi connectivity index (χ2v) is 4.75. The molecule has 1 aromatic rings. The molecule has 0 saturated heterocycles. The van der Waals surface area contributed by atoms with Gasteiger partial charge in [0.1, 0.15) is 0 Å². The van der Waals surface area contributed by atoms with Crippen LogP contribution in [0.4, 0.5) is 0 Å². The molecule has 3 atom stereocenters. The molecule has 0 spiro atoms. The average molecular weight is 223 g/mol. The summed E-state index contributed by atoms with van der Waals surface area (Å²) in [5.74, 6) is 0. The van der Waals surface area contributed by atoms with Crippen molar-refractivity contribution < 1.29 is 5.11 Å². The van der Waals surface area contributed by atoms with Crippen LogP contribution in [0, 0.1) is 0 Å². The van der Waals surface area contributed by atoms with Gasteiger partial charge < -0.3 is 10.4 Å². The fourth-order valence-electron chi connectivity index (χ4n) is 2.41. The zero-order valence-electron chi connectivity index (χ0n) is 9.84. The maximum absolute atomic E-state index is 9.86. The van der Waals surface area contributed by atoms with Crippen LogP contribution in [0.5, 0.6) is 0 Å². The molecular formula is C12H21N3O. The number of aromatic nitrogens is 2. The number of hydrogen-bond donors (Lipinski definition) is 2. The highest BCUT2D eigenvalue weighted by Crippen LogP contribution is 2.18. The van der Waals surface area contributed by atoms with E-state index in [1.807, 2.05) is 16.9 Å². The van der Waals surface area contributed by atoms with Crippen LogP contribution >= 0.6 is 0 Å². The Morgan fingerprint density at radius 3 is 3.00 bits per heavy atom. The van der Waals surface area contributed by atoms with E-state index < -0.39 is 0 Å². The molecule has 2 rings (SSSR count). The van der Waals surface area contributed by atoms with Gasteiger partial charge in [-0.05, 0) is 25.8 Å². The Labute approximate surface area is 96.7 Å². The molecule has 16 heavy (non-hydrogen) atoms. The van der Waals surface area contributed by atoms with Gasteiger partial charge in [0.05, 0.1) is 12.6 Å². The first-order chi connectivity index (χ1) is 7.75. The molecule has 2 N–H and O–H groups in total. The predicted octanol–water partition coefficient (Wildman–Crippen LogP) is 1.16. The quantitative estimate of drug-likeness (QED) is 0.805. The van der Waals surface area contributed by atoms with Gasteiger partial charge in [0, 0.05) is 24.5 Å². The van der Waals surface area contributed by atoms with E-state index in [1.54, 1.807) is 6.20 Å². The van der Waals surface area contributed by atoms with E-state index in [-0.39, 0.29) is 12.1 Å². The van der Waals surface area contributed by atoms with Gasteiger partial charge in [0.25, 0.3) is 0 Å². The number of nitrogens with one attached hydrogen (secondary N) is 1. The van der Waals surface area contributed by atoms with E-state index in [1.165, 1.54) is 6.42 Å². The molecular weight excluding hydrogens is 202 g/mol. The first kappa shape index (κ1) is 11.6. The van der Waals surface area contributed by atoms with E-state index in [0.29, 0.717) is 6.04 Å². The zero-order chi connectivity index (χ0) is 11.4. The van der Waals surface area contributed by atoms with Crippen molar-refractivity contribution in [3.63, 3.8) is 0 Å². The minimum Gasteiger partial charge on any atom is -0.392 e. The standard InChI is InChI=1S/C12H21N3O/c1-10(9-15-8-4-7-13-15)14-11-5-2-3-6-12(11)16/h4,7-8,10-12,14,16H,2-3,5-6,9H2,1H3/t10?,11-,12-/m1/s1. The van der Waals surface area contributed by atoms with Crippen molar-refractivity contribution in [3.8, 4) is 0 Å². The SMILES string of the molecule is CC(Cn1cccn1)N[C@@H]1CCCC[C@H]1O. The summed E-state index contributed by atoms with van der Waals surface area (Å²) in [5.41, 5.74) is 0. The largest absolute Gasteiger partial charge is 0.392 e. The van der Waals surface area contributed by atoms with Crippen molar-refractivity contribution >= 4 is 0 Å². The van der Waals surface area contributed by atoms with E-state index in [9.17, 15) is 5.11 Å². The Morgan fingerprint density at radius 1 is 1.50 bits per heavy atom. The molecule has 90 valence electrons. The van der Waals surface area contributed by atoms with E-state index >= 15 is 0 Å². The zero-order valence-corrected chi connectivity index (χ0v) is 9.84. The van der Waals surface area contributed by atoms with Crippen LogP contribution in [-0.2, 0) is 6.54 Å². The molecule has 1 unspecified atom stereocenters. The molecule has 1 aliphatic carbocycles. The van der Waals surface area contributed by atoms with Crippen molar-refractivity contribution in [1.82, 2.24) is 15.1 Å². The van der Waals surface area contributed by atoms with Crippen LogP contribution in [-0.4, -0.2) is 33.1 Å². The minimum absolute atomic E-state index is 0.172. The summed E-state index contributed by atoms with van der Waals surface area (Å²) in [6, 6.07) is 2.54. The number of aliphatic hydroxyl groups excluding tert-OH is 1. The first-order valence-electron chi connectivity index (χ1n) is 6.17. The summed E-state index contributed by atoms with van der Waals surface area (Å²) < 4.78 is 1.92. The van der Waals surface area contributed by atoms with Crippen LogP contribution in [0.25, 0.3) is 0 Å². The molecule has 0 bridgehead atoms. The Balaban J connectivity index is 1.79. The van der Waals surface area contributed by atoms with Crippen LogP contribution in [0.1, 0.15) is 32.6 Å². The van der Waals surface area contributed by atoms with Gasteiger partial charge in [-0.3, -0.25) is 4.68 Å². The molecule has 0 aliphatic heterocycles. The second-order valence-electron chi connectivity index (χ2n) is 4.75. The van der Waals surface area contributed by atoms with Gasteiger partial charge in [-0.1, -0.05) is 12.8 Å². The van der Waals surface area contributed by atoms with Crippen LogP contribution in [0.3, 0.4) is 0 Å². The molecule has 1 aliphatic rings. The monoisotopic (exact) mass is 223 g/mol. The number of rotatable bonds is 4. The third kappa shape index (κ3) is 3.06. The summed E-state index contributed by atoms with van der Waals surface area (Å²) in [6.45, 7) is 3.00. The van der Waals surface area contributed by atoms with Crippen LogP contribution in [0.15, 0.2) is 18.5 Å². The normalized spacial score (nSPS) is 27.9. The number of aliphatic hydroxyl groups is 1. The van der Waals surface area contributed by atoms with Crippen molar-refractivity contribution in [3.05, 3.63) is 18.5 Å². The highest BCUT2D eigenvalue weighted by atomic mass is 16.3. The fourth-order valence-corrected chi connectivity index (χ4v) is 2.41. The lowest BCUT2D eigenvalue weighted by Crippen LogP contribution is -2.47. The summed E-state index contributed by atoms with van der Waals surface area (Å²) in [6.07, 6.45) is 8.00. The van der Waals surface area contributed by atoms with Crippen molar-refractivity contribution in [2.45, 2.75) is 57.3 Å². The molecule has 0 aromatic carbocycles. The molecule has 1 aromatic heterocycles. The van der Waals surface area contributed by atoms with Crippen LogP contribution < -0.4 is 5.32 Å². The second kappa shape index (κ2) is 5.46. The lowest BCUT2D eigenvalue weighted by Gasteiger charge is -2.31. The molecule has 1 heterocycles. The molecule has 1 fully saturated rings. The van der Waals surface area contributed by atoms with Crippen molar-refractivity contribution in [2.24, 2.45) is 0 Å². The number of nitrogens with zero attached hydrogens (tertiary/aromatic N) is 2. The summed E-state index contributed by atoms with van der Waals surface area (Å²) in [5, 5.41) is 17.5.